The molecule has 0 fully saturated rings. The SMILES string of the molecule is CCCCNCCCC.NC(=O)S.NC(=O)S. The second kappa shape index (κ2) is 20.9. The number of hydrogen-bond acceptors (Lipinski definition) is 3. The smallest absolute Gasteiger partial charge is 0.273 e. The average molecular weight is 283 g/mol. The van der Waals surface area contributed by atoms with Gasteiger partial charge in [-0.05, 0) is 25.9 Å². The molecule has 0 heterocycles. The maximum absolute atomic E-state index is 9.09. The fourth-order valence-electron chi connectivity index (χ4n) is 0.729. The normalized spacial score (nSPS) is 8.24. The standard InChI is InChI=1S/C8H19N.2CH3NOS/c1-3-5-7-9-8-6-4-2;2*2-1(3)4/h9H,3-8H2,1-2H3;2*(H3,2,3,4). The van der Waals surface area contributed by atoms with E-state index >= 15 is 0 Å². The molecule has 0 aromatic heterocycles. The van der Waals surface area contributed by atoms with Crippen molar-refractivity contribution in [3.8, 4) is 0 Å². The van der Waals surface area contributed by atoms with E-state index in [1.165, 1.54) is 38.8 Å². The Labute approximate surface area is 115 Å². The lowest BCUT2D eigenvalue weighted by atomic mass is 10.3. The van der Waals surface area contributed by atoms with E-state index in [1.807, 2.05) is 0 Å². The van der Waals surface area contributed by atoms with Crippen LogP contribution in [0.15, 0.2) is 0 Å². The van der Waals surface area contributed by atoms with Crippen molar-refractivity contribution < 1.29 is 9.59 Å². The summed E-state index contributed by atoms with van der Waals surface area (Å²) in [5, 5.41) is 2.11. The second-order valence-electron chi connectivity index (χ2n) is 3.13. The Kier molecular flexibility index (Phi) is 26.9. The number of primary amides is 2. The molecule has 0 saturated heterocycles. The van der Waals surface area contributed by atoms with Crippen LogP contribution in [0.5, 0.6) is 0 Å². The van der Waals surface area contributed by atoms with Crippen LogP contribution in [-0.2, 0) is 0 Å². The number of carbonyl (C=O) groups excluding carboxylic acids is 2. The molecule has 0 bridgehead atoms. The van der Waals surface area contributed by atoms with Gasteiger partial charge < -0.3 is 16.8 Å². The highest BCUT2D eigenvalue weighted by Gasteiger charge is 1.83. The van der Waals surface area contributed by atoms with E-state index in [1.54, 1.807) is 0 Å². The lowest BCUT2D eigenvalue weighted by molar-refractivity contribution is 0.266. The molecule has 104 valence electrons. The van der Waals surface area contributed by atoms with E-state index in [-0.39, 0.29) is 0 Å². The molecule has 5 nitrogen and oxygen atoms in total. The molecule has 0 aromatic carbocycles. The summed E-state index contributed by atoms with van der Waals surface area (Å²) in [7, 11) is 0. The van der Waals surface area contributed by atoms with Crippen LogP contribution in [0.25, 0.3) is 0 Å². The predicted octanol–water partition coefficient (Wildman–Crippen LogP) is 2.17. The zero-order valence-corrected chi connectivity index (χ0v) is 12.4. The van der Waals surface area contributed by atoms with Gasteiger partial charge in [0, 0.05) is 0 Å². The maximum Gasteiger partial charge on any atom is 0.273 e. The molecule has 0 unspecified atom stereocenters. The largest absolute Gasteiger partial charge is 0.361 e. The van der Waals surface area contributed by atoms with Crippen LogP contribution in [-0.4, -0.2) is 23.6 Å². The van der Waals surface area contributed by atoms with Crippen molar-refractivity contribution in [3.05, 3.63) is 0 Å². The molecule has 0 aromatic rings. The van der Waals surface area contributed by atoms with E-state index < -0.39 is 10.5 Å². The van der Waals surface area contributed by atoms with Crippen LogP contribution in [0, 0.1) is 0 Å². The Hall–Kier alpha value is -0.400. The zero-order chi connectivity index (χ0) is 14.1. The fourth-order valence-corrected chi connectivity index (χ4v) is 0.729. The van der Waals surface area contributed by atoms with Crippen LogP contribution in [0.1, 0.15) is 39.5 Å². The average Bonchev–Trinajstić information content (AvgIpc) is 2.16. The first-order valence-corrected chi connectivity index (χ1v) is 6.45. The van der Waals surface area contributed by atoms with Crippen LogP contribution in [0.2, 0.25) is 0 Å². The van der Waals surface area contributed by atoms with Gasteiger partial charge in [0.05, 0.1) is 0 Å². The molecule has 17 heavy (non-hydrogen) atoms. The first-order chi connectivity index (χ1) is 7.88. The van der Waals surface area contributed by atoms with Gasteiger partial charge in [-0.3, -0.25) is 9.59 Å². The minimum Gasteiger partial charge on any atom is -0.361 e. The van der Waals surface area contributed by atoms with E-state index in [0.717, 1.165) is 0 Å². The molecule has 0 spiro atoms. The summed E-state index contributed by atoms with van der Waals surface area (Å²) in [6, 6.07) is 0. The van der Waals surface area contributed by atoms with Crippen LogP contribution in [0.4, 0.5) is 9.59 Å². The molecule has 0 atom stereocenters. The van der Waals surface area contributed by atoms with Crippen molar-refractivity contribution in [3.63, 3.8) is 0 Å². The fraction of sp³-hybridized carbons (Fsp3) is 0.800. The lowest BCUT2D eigenvalue weighted by Crippen LogP contribution is -2.15. The molecule has 7 heteroatoms. The minimum absolute atomic E-state index is 0.639. The van der Waals surface area contributed by atoms with Crippen molar-refractivity contribution in [1.29, 1.82) is 0 Å². The molecule has 0 aliphatic carbocycles. The molecule has 0 rings (SSSR count). The van der Waals surface area contributed by atoms with Gasteiger partial charge in [-0.1, -0.05) is 51.9 Å². The third-order valence-electron chi connectivity index (χ3n) is 1.41. The van der Waals surface area contributed by atoms with Crippen LogP contribution in [0.3, 0.4) is 0 Å². The molecular weight excluding hydrogens is 258 g/mol. The van der Waals surface area contributed by atoms with E-state index in [0.29, 0.717) is 0 Å². The van der Waals surface area contributed by atoms with Crippen molar-refractivity contribution in [2.24, 2.45) is 11.5 Å². The number of nitrogens with one attached hydrogen (secondary N) is 1. The summed E-state index contributed by atoms with van der Waals surface area (Å²) >= 11 is 6.21. The summed E-state index contributed by atoms with van der Waals surface area (Å²) in [6.07, 6.45) is 5.26. The van der Waals surface area contributed by atoms with Gasteiger partial charge in [-0.25, -0.2) is 0 Å². The maximum atomic E-state index is 9.09. The summed E-state index contributed by atoms with van der Waals surface area (Å²) in [5.41, 5.74) is 8.67. The quantitative estimate of drug-likeness (QED) is 0.381. The number of carbonyl (C=O) groups is 2. The molecule has 2 amide bonds. The highest BCUT2D eigenvalue weighted by atomic mass is 32.1. The Morgan fingerprint density at radius 1 is 0.941 bits per heavy atom. The molecule has 5 N–H and O–H groups in total. The first-order valence-electron chi connectivity index (χ1n) is 5.55. The van der Waals surface area contributed by atoms with E-state index in [9.17, 15) is 0 Å². The molecule has 0 aliphatic heterocycles. The summed E-state index contributed by atoms with van der Waals surface area (Å²) < 4.78 is 0. The Bertz CT molecular complexity index is 155. The van der Waals surface area contributed by atoms with Gasteiger partial charge >= 0.3 is 0 Å². The van der Waals surface area contributed by atoms with E-state index in [2.05, 4.69) is 55.9 Å². The third kappa shape index (κ3) is 92.0. The van der Waals surface area contributed by atoms with Crippen molar-refractivity contribution in [2.45, 2.75) is 39.5 Å². The van der Waals surface area contributed by atoms with Crippen molar-refractivity contribution in [2.75, 3.05) is 13.1 Å². The van der Waals surface area contributed by atoms with Crippen molar-refractivity contribution in [1.82, 2.24) is 5.32 Å². The van der Waals surface area contributed by atoms with Gasteiger partial charge in [0.15, 0.2) is 0 Å². The number of unbranched alkanes of at least 4 members (excludes halogenated alkanes) is 2. The van der Waals surface area contributed by atoms with Gasteiger partial charge in [-0.2, -0.15) is 0 Å². The van der Waals surface area contributed by atoms with Crippen LogP contribution >= 0.6 is 25.3 Å². The lowest BCUT2D eigenvalue weighted by Gasteiger charge is -1.99. The number of amides is 2. The van der Waals surface area contributed by atoms with E-state index in [4.69, 9.17) is 9.59 Å². The number of rotatable bonds is 6. The monoisotopic (exact) mass is 283 g/mol. The molecule has 0 radical (unpaired) electrons. The number of thiol groups is 2. The number of hydrogen-bond donors (Lipinski definition) is 5. The Balaban J connectivity index is -0.000000205. The third-order valence-corrected chi connectivity index (χ3v) is 1.41. The first kappa shape index (κ1) is 21.8. The van der Waals surface area contributed by atoms with Crippen molar-refractivity contribution >= 4 is 35.7 Å². The summed E-state index contributed by atoms with van der Waals surface area (Å²) in [5.74, 6) is 0. The number of nitrogens with two attached hydrogens (primary N) is 2. The summed E-state index contributed by atoms with van der Waals surface area (Å²) in [6.45, 7) is 6.86. The minimum atomic E-state index is -0.639. The van der Waals surface area contributed by atoms with Gasteiger partial charge in [0.2, 0.25) is 0 Å². The highest BCUT2D eigenvalue weighted by molar-refractivity contribution is 7.96. The summed E-state index contributed by atoms with van der Waals surface area (Å²) in [4.78, 5) is 18.2. The molecular formula is C10H25N3O2S2. The Morgan fingerprint density at radius 2 is 1.18 bits per heavy atom. The van der Waals surface area contributed by atoms with Gasteiger partial charge in [0.1, 0.15) is 0 Å². The zero-order valence-electron chi connectivity index (χ0n) is 10.6. The topological polar surface area (TPSA) is 98.2 Å². The van der Waals surface area contributed by atoms with Gasteiger partial charge in [0.25, 0.3) is 10.5 Å². The van der Waals surface area contributed by atoms with Gasteiger partial charge in [-0.15, -0.1) is 0 Å². The predicted molar refractivity (Wildman–Crippen MR) is 79.8 cm³/mol. The van der Waals surface area contributed by atoms with Crippen LogP contribution < -0.4 is 16.8 Å². The molecule has 0 aliphatic rings. The second-order valence-corrected chi connectivity index (χ2v) is 4.02. The Morgan fingerprint density at radius 3 is 1.35 bits per heavy atom. The molecule has 0 saturated carbocycles. The highest BCUT2D eigenvalue weighted by Crippen LogP contribution is 1.85.